The molecule has 2 heteroatoms. The van der Waals surface area contributed by atoms with Gasteiger partial charge < -0.3 is 4.90 Å². The first-order valence-electron chi connectivity index (χ1n) is 6.67. The Kier molecular flexibility index (Phi) is 6.20. The van der Waals surface area contributed by atoms with Gasteiger partial charge in [-0.05, 0) is 63.0 Å². The van der Waals surface area contributed by atoms with Crippen LogP contribution in [0.2, 0.25) is 0 Å². The van der Waals surface area contributed by atoms with Crippen molar-refractivity contribution < 1.29 is 4.39 Å². The van der Waals surface area contributed by atoms with E-state index in [4.69, 9.17) is 0 Å². The standard InChI is InChI=1S/C13H18FN.C2H6/c1-15-7-5-11(6-8-15)9-12-3-2-4-13(14)10-12;1-2/h2-4,10-11H,5-9H2,1H3;1-2H3. The molecular formula is C15H24FN. The molecule has 1 fully saturated rings. The zero-order chi connectivity index (χ0) is 12.7. The molecule has 1 nitrogen and oxygen atoms in total. The molecule has 17 heavy (non-hydrogen) atoms. The molecule has 1 aromatic rings. The van der Waals surface area contributed by atoms with Crippen molar-refractivity contribution in [2.24, 2.45) is 5.92 Å². The number of rotatable bonds is 2. The summed E-state index contributed by atoms with van der Waals surface area (Å²) in [6, 6.07) is 7.01. The lowest BCUT2D eigenvalue weighted by Crippen LogP contribution is -2.30. The van der Waals surface area contributed by atoms with Crippen LogP contribution in [0.4, 0.5) is 4.39 Å². The number of hydrogen-bond donors (Lipinski definition) is 0. The van der Waals surface area contributed by atoms with Crippen LogP contribution in [0.1, 0.15) is 32.3 Å². The Hall–Kier alpha value is -0.890. The second-order valence-corrected chi connectivity index (χ2v) is 4.58. The van der Waals surface area contributed by atoms with Crippen molar-refractivity contribution in [1.82, 2.24) is 4.90 Å². The van der Waals surface area contributed by atoms with Gasteiger partial charge in [-0.15, -0.1) is 0 Å². The quantitative estimate of drug-likeness (QED) is 0.757. The second kappa shape index (κ2) is 7.44. The topological polar surface area (TPSA) is 3.24 Å². The minimum Gasteiger partial charge on any atom is -0.306 e. The molecular weight excluding hydrogens is 213 g/mol. The maximum absolute atomic E-state index is 13.0. The van der Waals surface area contributed by atoms with E-state index in [1.54, 1.807) is 12.1 Å². The smallest absolute Gasteiger partial charge is 0.123 e. The SMILES string of the molecule is CC.CN1CCC(Cc2cccc(F)c2)CC1. The molecule has 0 radical (unpaired) electrons. The molecule has 0 atom stereocenters. The number of nitrogens with zero attached hydrogens (tertiary/aromatic N) is 1. The molecule has 0 aliphatic carbocycles. The number of benzene rings is 1. The minimum atomic E-state index is -0.111. The Balaban J connectivity index is 0.000000686. The summed E-state index contributed by atoms with van der Waals surface area (Å²) in [5.41, 5.74) is 1.14. The predicted molar refractivity (Wildman–Crippen MR) is 71.7 cm³/mol. The molecule has 2 rings (SSSR count). The Labute approximate surface area is 105 Å². The first-order chi connectivity index (χ1) is 8.24. The van der Waals surface area contributed by atoms with E-state index in [9.17, 15) is 4.39 Å². The number of halogens is 1. The second-order valence-electron chi connectivity index (χ2n) is 4.58. The molecule has 0 N–H and O–H groups in total. The molecule has 0 spiro atoms. The van der Waals surface area contributed by atoms with Gasteiger partial charge in [-0.2, -0.15) is 0 Å². The largest absolute Gasteiger partial charge is 0.306 e. The fourth-order valence-corrected chi connectivity index (χ4v) is 2.26. The highest BCUT2D eigenvalue weighted by molar-refractivity contribution is 5.16. The van der Waals surface area contributed by atoms with E-state index >= 15 is 0 Å². The van der Waals surface area contributed by atoms with E-state index in [1.807, 2.05) is 19.9 Å². The summed E-state index contributed by atoms with van der Waals surface area (Å²) in [6.07, 6.45) is 3.52. The van der Waals surface area contributed by atoms with Crippen LogP contribution in [0, 0.1) is 11.7 Å². The Morgan fingerprint density at radius 2 is 1.88 bits per heavy atom. The molecule has 1 aromatic carbocycles. The van der Waals surface area contributed by atoms with E-state index in [2.05, 4.69) is 11.9 Å². The van der Waals surface area contributed by atoms with Gasteiger partial charge in [0.2, 0.25) is 0 Å². The van der Waals surface area contributed by atoms with Crippen LogP contribution in [0.25, 0.3) is 0 Å². The summed E-state index contributed by atoms with van der Waals surface area (Å²) < 4.78 is 13.0. The minimum absolute atomic E-state index is 0.111. The van der Waals surface area contributed by atoms with Crippen molar-refractivity contribution in [2.45, 2.75) is 33.1 Å². The highest BCUT2D eigenvalue weighted by atomic mass is 19.1. The summed E-state index contributed by atoms with van der Waals surface area (Å²) >= 11 is 0. The van der Waals surface area contributed by atoms with Crippen LogP contribution < -0.4 is 0 Å². The summed E-state index contributed by atoms with van der Waals surface area (Å²) in [5, 5.41) is 0. The van der Waals surface area contributed by atoms with Crippen molar-refractivity contribution in [3.63, 3.8) is 0 Å². The van der Waals surface area contributed by atoms with Gasteiger partial charge in [0.1, 0.15) is 5.82 Å². The van der Waals surface area contributed by atoms with Gasteiger partial charge in [0, 0.05) is 0 Å². The van der Waals surface area contributed by atoms with Crippen LogP contribution in [0.15, 0.2) is 24.3 Å². The average Bonchev–Trinajstić information content (AvgIpc) is 2.35. The molecule has 96 valence electrons. The van der Waals surface area contributed by atoms with Gasteiger partial charge in [0.15, 0.2) is 0 Å². The number of likely N-dealkylation sites (tertiary alicyclic amines) is 1. The van der Waals surface area contributed by atoms with Gasteiger partial charge in [0.05, 0.1) is 0 Å². The molecule has 1 saturated heterocycles. The maximum atomic E-state index is 13.0. The average molecular weight is 237 g/mol. The first-order valence-corrected chi connectivity index (χ1v) is 6.67. The number of hydrogen-bond acceptors (Lipinski definition) is 1. The fourth-order valence-electron chi connectivity index (χ4n) is 2.26. The van der Waals surface area contributed by atoms with Crippen LogP contribution in [0.3, 0.4) is 0 Å². The van der Waals surface area contributed by atoms with Gasteiger partial charge in [-0.1, -0.05) is 26.0 Å². The number of piperidine rings is 1. The first kappa shape index (κ1) is 14.2. The predicted octanol–water partition coefficient (Wildman–Crippen LogP) is 3.74. The monoisotopic (exact) mass is 237 g/mol. The summed E-state index contributed by atoms with van der Waals surface area (Å²) in [5.74, 6) is 0.628. The molecule has 1 heterocycles. The van der Waals surface area contributed by atoms with Gasteiger partial charge in [-0.3, -0.25) is 0 Å². The summed E-state index contributed by atoms with van der Waals surface area (Å²) in [6.45, 7) is 6.36. The lowest BCUT2D eigenvalue weighted by atomic mass is 9.90. The Morgan fingerprint density at radius 3 is 2.47 bits per heavy atom. The Bertz CT molecular complexity index is 316. The molecule has 1 aliphatic rings. The molecule has 0 unspecified atom stereocenters. The van der Waals surface area contributed by atoms with Crippen molar-refractivity contribution in [3.05, 3.63) is 35.6 Å². The zero-order valence-electron chi connectivity index (χ0n) is 11.2. The highest BCUT2D eigenvalue weighted by Crippen LogP contribution is 2.20. The summed E-state index contributed by atoms with van der Waals surface area (Å²) in [4.78, 5) is 2.36. The summed E-state index contributed by atoms with van der Waals surface area (Å²) in [7, 11) is 2.17. The van der Waals surface area contributed by atoms with Gasteiger partial charge in [-0.25, -0.2) is 4.39 Å². The van der Waals surface area contributed by atoms with Crippen LogP contribution >= 0.6 is 0 Å². The fraction of sp³-hybridized carbons (Fsp3) is 0.600. The lowest BCUT2D eigenvalue weighted by molar-refractivity contribution is 0.219. The third kappa shape index (κ3) is 4.86. The van der Waals surface area contributed by atoms with Crippen LogP contribution in [-0.4, -0.2) is 25.0 Å². The van der Waals surface area contributed by atoms with Crippen molar-refractivity contribution >= 4 is 0 Å². The van der Waals surface area contributed by atoms with E-state index in [1.165, 1.54) is 32.0 Å². The Morgan fingerprint density at radius 1 is 1.24 bits per heavy atom. The third-order valence-corrected chi connectivity index (χ3v) is 3.25. The van der Waals surface area contributed by atoms with Crippen LogP contribution in [-0.2, 0) is 6.42 Å². The van der Waals surface area contributed by atoms with Crippen molar-refractivity contribution in [3.8, 4) is 0 Å². The maximum Gasteiger partial charge on any atom is 0.123 e. The molecule has 0 amide bonds. The van der Waals surface area contributed by atoms with Crippen LogP contribution in [0.5, 0.6) is 0 Å². The molecule has 1 aliphatic heterocycles. The molecule has 0 aromatic heterocycles. The van der Waals surface area contributed by atoms with Gasteiger partial charge in [0.25, 0.3) is 0 Å². The molecule has 0 saturated carbocycles. The van der Waals surface area contributed by atoms with E-state index in [0.717, 1.165) is 17.9 Å². The highest BCUT2D eigenvalue weighted by Gasteiger charge is 2.16. The normalized spacial score (nSPS) is 17.4. The lowest BCUT2D eigenvalue weighted by Gasteiger charge is -2.28. The third-order valence-electron chi connectivity index (χ3n) is 3.25. The van der Waals surface area contributed by atoms with E-state index in [-0.39, 0.29) is 5.82 Å². The molecule has 0 bridgehead atoms. The van der Waals surface area contributed by atoms with E-state index < -0.39 is 0 Å². The van der Waals surface area contributed by atoms with Gasteiger partial charge >= 0.3 is 0 Å². The zero-order valence-corrected chi connectivity index (χ0v) is 11.2. The van der Waals surface area contributed by atoms with E-state index in [0.29, 0.717) is 0 Å². The van der Waals surface area contributed by atoms with Crippen molar-refractivity contribution in [2.75, 3.05) is 20.1 Å². The van der Waals surface area contributed by atoms with Crippen molar-refractivity contribution in [1.29, 1.82) is 0 Å².